The quantitative estimate of drug-likeness (QED) is 0.609. The maximum atomic E-state index is 5.10. The Labute approximate surface area is 97.1 Å². The third-order valence-electron chi connectivity index (χ3n) is 5.27. The SMILES string of the molecule is CSC1=N[C@]23CCCC[C@H]2C(C)(C)[C@H]3C1. The minimum atomic E-state index is 0.403. The molecule has 1 heterocycles. The lowest BCUT2D eigenvalue weighted by atomic mass is 9.41. The van der Waals surface area contributed by atoms with Crippen LogP contribution in [-0.4, -0.2) is 16.8 Å². The van der Waals surface area contributed by atoms with E-state index in [1.165, 1.54) is 37.1 Å². The Morgan fingerprint density at radius 1 is 1.27 bits per heavy atom. The highest BCUT2D eigenvalue weighted by Gasteiger charge is 2.68. The molecule has 1 nitrogen and oxygen atoms in total. The van der Waals surface area contributed by atoms with Crippen molar-refractivity contribution in [2.45, 2.75) is 51.5 Å². The van der Waals surface area contributed by atoms with E-state index in [9.17, 15) is 0 Å². The van der Waals surface area contributed by atoms with Gasteiger partial charge in [-0.3, -0.25) is 4.99 Å². The minimum absolute atomic E-state index is 0.403. The zero-order chi connectivity index (χ0) is 10.7. The Morgan fingerprint density at radius 3 is 2.80 bits per heavy atom. The molecule has 2 heteroatoms. The molecule has 0 aromatic carbocycles. The molecule has 0 bridgehead atoms. The minimum Gasteiger partial charge on any atom is -0.276 e. The monoisotopic (exact) mass is 223 g/mol. The molecular weight excluding hydrogens is 202 g/mol. The Hall–Kier alpha value is 0.0200. The smallest absolute Gasteiger partial charge is 0.0688 e. The van der Waals surface area contributed by atoms with Crippen LogP contribution in [-0.2, 0) is 0 Å². The van der Waals surface area contributed by atoms with Gasteiger partial charge in [0.25, 0.3) is 0 Å². The van der Waals surface area contributed by atoms with Crippen LogP contribution in [0, 0.1) is 17.3 Å². The summed E-state index contributed by atoms with van der Waals surface area (Å²) < 4.78 is 0. The number of thioether (sulfide) groups is 1. The highest BCUT2D eigenvalue weighted by atomic mass is 32.2. The van der Waals surface area contributed by atoms with E-state index in [4.69, 9.17) is 4.99 Å². The molecule has 1 aliphatic heterocycles. The lowest BCUT2D eigenvalue weighted by Crippen LogP contribution is -2.65. The fourth-order valence-electron chi connectivity index (χ4n) is 4.64. The largest absolute Gasteiger partial charge is 0.276 e. The fourth-order valence-corrected chi connectivity index (χ4v) is 5.23. The molecule has 3 aliphatic rings. The van der Waals surface area contributed by atoms with Crippen LogP contribution in [0.5, 0.6) is 0 Å². The van der Waals surface area contributed by atoms with Crippen molar-refractivity contribution in [3.63, 3.8) is 0 Å². The van der Waals surface area contributed by atoms with Gasteiger partial charge in [-0.2, -0.15) is 0 Å². The fraction of sp³-hybridized carbons (Fsp3) is 0.923. The first-order chi connectivity index (χ1) is 7.11. The molecule has 1 spiro atoms. The maximum absolute atomic E-state index is 5.10. The van der Waals surface area contributed by atoms with Crippen LogP contribution in [0.4, 0.5) is 0 Å². The van der Waals surface area contributed by atoms with Gasteiger partial charge in [0.2, 0.25) is 0 Å². The summed E-state index contributed by atoms with van der Waals surface area (Å²) in [6.45, 7) is 4.95. The van der Waals surface area contributed by atoms with Crippen LogP contribution >= 0.6 is 11.8 Å². The summed E-state index contributed by atoms with van der Waals surface area (Å²) in [6.07, 6.45) is 9.10. The van der Waals surface area contributed by atoms with E-state index in [2.05, 4.69) is 20.1 Å². The van der Waals surface area contributed by atoms with Crippen LogP contribution in [0.15, 0.2) is 4.99 Å². The molecule has 3 rings (SSSR count). The van der Waals surface area contributed by atoms with E-state index in [1.54, 1.807) is 0 Å². The van der Waals surface area contributed by atoms with Crippen molar-refractivity contribution < 1.29 is 0 Å². The van der Waals surface area contributed by atoms with Crippen LogP contribution in [0.2, 0.25) is 0 Å². The molecule has 15 heavy (non-hydrogen) atoms. The average molecular weight is 223 g/mol. The third-order valence-corrected chi connectivity index (χ3v) is 6.00. The predicted octanol–water partition coefficient (Wildman–Crippen LogP) is 3.74. The normalized spacial score (nSPS) is 46.5. The number of nitrogens with zero attached hydrogens (tertiary/aromatic N) is 1. The van der Waals surface area contributed by atoms with Gasteiger partial charge in [-0.15, -0.1) is 11.8 Å². The molecule has 0 N–H and O–H groups in total. The van der Waals surface area contributed by atoms with Crippen LogP contribution in [0.1, 0.15) is 46.0 Å². The highest BCUT2D eigenvalue weighted by Crippen LogP contribution is 2.69. The molecule has 0 aromatic rings. The Morgan fingerprint density at radius 2 is 2.07 bits per heavy atom. The second-order valence-corrected chi connectivity index (χ2v) is 6.96. The van der Waals surface area contributed by atoms with Crippen molar-refractivity contribution in [2.24, 2.45) is 22.2 Å². The van der Waals surface area contributed by atoms with Crippen molar-refractivity contribution in [2.75, 3.05) is 6.26 Å². The zero-order valence-corrected chi connectivity index (χ0v) is 10.9. The van der Waals surface area contributed by atoms with Gasteiger partial charge in [-0.25, -0.2) is 0 Å². The van der Waals surface area contributed by atoms with Crippen molar-refractivity contribution in [1.82, 2.24) is 0 Å². The molecule has 84 valence electrons. The Balaban J connectivity index is 1.96. The predicted molar refractivity (Wildman–Crippen MR) is 67.5 cm³/mol. The molecule has 0 aromatic heterocycles. The summed E-state index contributed by atoms with van der Waals surface area (Å²) in [6, 6.07) is 0. The molecule has 2 aliphatic carbocycles. The van der Waals surface area contributed by atoms with Gasteiger partial charge in [0.1, 0.15) is 0 Å². The summed E-state index contributed by atoms with van der Waals surface area (Å²) in [5, 5.41) is 1.43. The highest BCUT2D eigenvalue weighted by molar-refractivity contribution is 8.13. The van der Waals surface area contributed by atoms with Crippen LogP contribution in [0.25, 0.3) is 0 Å². The topological polar surface area (TPSA) is 12.4 Å². The van der Waals surface area contributed by atoms with Gasteiger partial charge in [0.15, 0.2) is 0 Å². The molecule has 2 fully saturated rings. The summed E-state index contributed by atoms with van der Waals surface area (Å²) >= 11 is 1.88. The van der Waals surface area contributed by atoms with Gasteiger partial charge in [-0.05, 0) is 36.3 Å². The average Bonchev–Trinajstić information content (AvgIpc) is 2.55. The molecule has 0 radical (unpaired) electrons. The molecule has 0 unspecified atom stereocenters. The summed E-state index contributed by atoms with van der Waals surface area (Å²) in [7, 11) is 0. The third kappa shape index (κ3) is 1.09. The molecule has 2 saturated carbocycles. The first-order valence-electron chi connectivity index (χ1n) is 6.24. The first kappa shape index (κ1) is 10.2. The van der Waals surface area contributed by atoms with Crippen LogP contribution < -0.4 is 0 Å². The summed E-state index contributed by atoms with van der Waals surface area (Å²) in [5.74, 6) is 1.74. The lowest BCUT2D eigenvalue weighted by molar-refractivity contribution is -0.128. The van der Waals surface area contributed by atoms with Gasteiger partial charge >= 0.3 is 0 Å². The Bertz CT molecular complexity index is 320. The first-order valence-corrected chi connectivity index (χ1v) is 7.46. The summed E-state index contributed by atoms with van der Waals surface area (Å²) in [4.78, 5) is 5.10. The van der Waals surface area contributed by atoms with E-state index >= 15 is 0 Å². The van der Waals surface area contributed by atoms with Crippen molar-refractivity contribution in [1.29, 1.82) is 0 Å². The Kier molecular flexibility index (Phi) is 2.06. The molecular formula is C13H21NS. The zero-order valence-electron chi connectivity index (χ0n) is 10.0. The van der Waals surface area contributed by atoms with E-state index in [0.29, 0.717) is 11.0 Å². The van der Waals surface area contributed by atoms with E-state index in [0.717, 1.165) is 11.8 Å². The van der Waals surface area contributed by atoms with Crippen molar-refractivity contribution >= 4 is 16.8 Å². The molecule has 0 saturated heterocycles. The second kappa shape index (κ2) is 3.03. The van der Waals surface area contributed by atoms with Crippen molar-refractivity contribution in [3.8, 4) is 0 Å². The van der Waals surface area contributed by atoms with Gasteiger partial charge in [0, 0.05) is 6.42 Å². The standard InChI is InChI=1S/C13H21NS/c1-12(2)9-6-4-5-7-13(9)10(12)8-11(14-13)15-3/h9-10H,4-8H2,1-3H3/t9-,10+,13+/m0/s1. The number of rotatable bonds is 0. The number of hydrogen-bond donors (Lipinski definition) is 0. The van der Waals surface area contributed by atoms with E-state index < -0.39 is 0 Å². The van der Waals surface area contributed by atoms with Crippen LogP contribution in [0.3, 0.4) is 0 Å². The summed E-state index contributed by atoms with van der Waals surface area (Å²) in [5.41, 5.74) is 0.960. The second-order valence-electron chi connectivity index (χ2n) is 6.08. The maximum Gasteiger partial charge on any atom is 0.0688 e. The molecule has 3 atom stereocenters. The number of aliphatic imine (C=N–C) groups is 1. The van der Waals surface area contributed by atoms with Gasteiger partial charge in [-0.1, -0.05) is 26.7 Å². The van der Waals surface area contributed by atoms with Crippen molar-refractivity contribution in [3.05, 3.63) is 0 Å². The van der Waals surface area contributed by atoms with E-state index in [-0.39, 0.29) is 0 Å². The lowest BCUT2D eigenvalue weighted by Gasteiger charge is -2.65. The van der Waals surface area contributed by atoms with Gasteiger partial charge < -0.3 is 0 Å². The van der Waals surface area contributed by atoms with Gasteiger partial charge in [0.05, 0.1) is 10.6 Å². The van der Waals surface area contributed by atoms with E-state index in [1.807, 2.05) is 11.8 Å². The number of hydrogen-bond acceptors (Lipinski definition) is 2. The molecule has 0 amide bonds.